The Balaban J connectivity index is 2.74. The average molecular weight is 661 g/mol. The first-order chi connectivity index (χ1) is 21.6. The van der Waals surface area contributed by atoms with Crippen LogP contribution in [0.3, 0.4) is 0 Å². The first-order valence-electron chi connectivity index (χ1n) is 14.3. The molecule has 17 heteroatoms. The zero-order valence-electron chi connectivity index (χ0n) is 26.6. The molecular formula is C29H40O17. The van der Waals surface area contributed by atoms with Crippen molar-refractivity contribution in [3.63, 3.8) is 0 Å². The van der Waals surface area contributed by atoms with Crippen LogP contribution in [0.1, 0.15) is 61.3 Å². The predicted molar refractivity (Wildman–Crippen MR) is 148 cm³/mol. The molecule has 2 fully saturated rings. The second-order valence-electron chi connectivity index (χ2n) is 10.2. The third-order valence-electron chi connectivity index (χ3n) is 6.37. The monoisotopic (exact) mass is 660 g/mol. The standard InChI is InChI=1S/C29H40O17/c1-9-11-19-22(38-14(4)31)25(27(42-18(8)35)28(43-19)45-21(36)10-2)46-29-26(41-17(7)34)24(40-16(6)33)23(39-15(5)32)20(44-29)12-37-13(3)30/h9,19-20,22-29H,1,10-12H2,2-8H3/t19-,20-,22-,23-,24+,25-,26+,27-,28-,29-/m1/s1. The van der Waals surface area contributed by atoms with Gasteiger partial charge in [0, 0.05) is 48.0 Å². The van der Waals surface area contributed by atoms with E-state index in [0.717, 1.165) is 41.5 Å². The Morgan fingerprint density at radius 2 is 1.00 bits per heavy atom. The summed E-state index contributed by atoms with van der Waals surface area (Å²) in [7, 11) is 0. The minimum absolute atomic E-state index is 0.0172. The summed E-state index contributed by atoms with van der Waals surface area (Å²) >= 11 is 0. The lowest BCUT2D eigenvalue weighted by atomic mass is 9.94. The Hall–Kier alpha value is -4.09. The van der Waals surface area contributed by atoms with Crippen LogP contribution in [0.5, 0.6) is 0 Å². The van der Waals surface area contributed by atoms with Crippen molar-refractivity contribution in [2.75, 3.05) is 6.61 Å². The number of ether oxygens (including phenoxy) is 10. The van der Waals surface area contributed by atoms with Gasteiger partial charge in [0.2, 0.25) is 6.29 Å². The molecule has 46 heavy (non-hydrogen) atoms. The SMILES string of the molecule is C=CC[C@H]1O[C@H](OC(=O)CC)[C@H](OC(C)=O)[C@H](O[C@H]2O[C@H](COC(C)=O)[C@@H](OC(C)=O)[C@H](OC(C)=O)[C@@H]2OC(C)=O)[C@@H]1OC(C)=O. The number of hydrogen-bond donors (Lipinski definition) is 0. The number of hydrogen-bond acceptors (Lipinski definition) is 17. The van der Waals surface area contributed by atoms with Gasteiger partial charge in [-0.2, -0.15) is 0 Å². The summed E-state index contributed by atoms with van der Waals surface area (Å²) in [6.07, 6.45) is -13.8. The summed E-state index contributed by atoms with van der Waals surface area (Å²) in [5.41, 5.74) is 0. The summed E-state index contributed by atoms with van der Waals surface area (Å²) in [5, 5.41) is 0. The minimum atomic E-state index is -1.77. The second-order valence-corrected chi connectivity index (χ2v) is 10.2. The quantitative estimate of drug-likeness (QED) is 0.150. The van der Waals surface area contributed by atoms with Crippen LogP contribution in [0.15, 0.2) is 12.7 Å². The van der Waals surface area contributed by atoms with Crippen LogP contribution in [0.4, 0.5) is 0 Å². The minimum Gasteiger partial charge on any atom is -0.463 e. The Labute approximate surface area is 265 Å². The van der Waals surface area contributed by atoms with Gasteiger partial charge in [-0.1, -0.05) is 13.0 Å². The zero-order chi connectivity index (χ0) is 34.7. The van der Waals surface area contributed by atoms with Crippen molar-refractivity contribution >= 4 is 41.8 Å². The summed E-state index contributed by atoms with van der Waals surface area (Å²) in [5.74, 6) is -5.79. The zero-order valence-corrected chi connectivity index (χ0v) is 26.6. The molecule has 0 aromatic carbocycles. The van der Waals surface area contributed by atoms with Crippen LogP contribution < -0.4 is 0 Å². The molecule has 0 N–H and O–H groups in total. The molecule has 2 heterocycles. The van der Waals surface area contributed by atoms with E-state index in [1.54, 1.807) is 0 Å². The molecule has 0 saturated carbocycles. The molecular weight excluding hydrogens is 620 g/mol. The van der Waals surface area contributed by atoms with Crippen LogP contribution in [-0.4, -0.2) is 110 Å². The van der Waals surface area contributed by atoms with Gasteiger partial charge >= 0.3 is 41.8 Å². The molecule has 10 atom stereocenters. The Bertz CT molecular complexity index is 1150. The van der Waals surface area contributed by atoms with E-state index in [2.05, 4.69) is 6.58 Å². The maximum absolute atomic E-state index is 12.3. The Kier molecular flexibility index (Phi) is 14.5. The highest BCUT2D eigenvalue weighted by Gasteiger charge is 2.57. The van der Waals surface area contributed by atoms with Gasteiger partial charge in [-0.3, -0.25) is 33.6 Å². The van der Waals surface area contributed by atoms with E-state index >= 15 is 0 Å². The lowest BCUT2D eigenvalue weighted by molar-refractivity contribution is -0.356. The van der Waals surface area contributed by atoms with Crippen LogP contribution in [0, 0.1) is 0 Å². The van der Waals surface area contributed by atoms with Crippen molar-refractivity contribution in [1.82, 2.24) is 0 Å². The molecule has 2 saturated heterocycles. The normalized spacial score (nSPS) is 30.5. The van der Waals surface area contributed by atoms with Gasteiger partial charge in [0.15, 0.2) is 36.8 Å². The van der Waals surface area contributed by atoms with E-state index in [9.17, 15) is 33.6 Å². The molecule has 0 radical (unpaired) electrons. The van der Waals surface area contributed by atoms with E-state index in [4.69, 9.17) is 47.4 Å². The predicted octanol–water partition coefficient (Wildman–Crippen LogP) is 0.572. The van der Waals surface area contributed by atoms with Gasteiger partial charge in [0.05, 0.1) is 0 Å². The van der Waals surface area contributed by atoms with Crippen LogP contribution in [-0.2, 0) is 80.9 Å². The van der Waals surface area contributed by atoms with Crippen molar-refractivity contribution in [2.24, 2.45) is 0 Å². The van der Waals surface area contributed by atoms with E-state index in [1.807, 2.05) is 0 Å². The molecule has 0 unspecified atom stereocenters. The smallest absolute Gasteiger partial charge is 0.307 e. The highest BCUT2D eigenvalue weighted by molar-refractivity contribution is 5.70. The fraction of sp³-hybridized carbons (Fsp3) is 0.690. The fourth-order valence-corrected chi connectivity index (χ4v) is 4.80. The topological polar surface area (TPSA) is 212 Å². The molecule has 0 amide bonds. The fourth-order valence-electron chi connectivity index (χ4n) is 4.80. The molecule has 0 aromatic heterocycles. The van der Waals surface area contributed by atoms with Crippen molar-refractivity contribution in [3.8, 4) is 0 Å². The van der Waals surface area contributed by atoms with Gasteiger partial charge in [0.1, 0.15) is 24.9 Å². The van der Waals surface area contributed by atoms with Crippen LogP contribution >= 0.6 is 0 Å². The average Bonchev–Trinajstić information content (AvgIpc) is 2.93. The van der Waals surface area contributed by atoms with Crippen molar-refractivity contribution < 1.29 is 80.9 Å². The van der Waals surface area contributed by atoms with Crippen molar-refractivity contribution in [2.45, 2.75) is 123 Å². The molecule has 2 aliphatic heterocycles. The van der Waals surface area contributed by atoms with Gasteiger partial charge in [-0.25, -0.2) is 0 Å². The van der Waals surface area contributed by atoms with Crippen molar-refractivity contribution in [3.05, 3.63) is 12.7 Å². The molecule has 0 bridgehead atoms. The lowest BCUT2D eigenvalue weighted by Gasteiger charge is -2.48. The first kappa shape index (κ1) is 38.1. The van der Waals surface area contributed by atoms with Crippen molar-refractivity contribution in [1.29, 1.82) is 0 Å². The molecule has 0 spiro atoms. The number of esters is 7. The second kappa shape index (κ2) is 17.6. The largest absolute Gasteiger partial charge is 0.463 e. The molecule has 2 aliphatic rings. The highest BCUT2D eigenvalue weighted by atomic mass is 16.8. The Morgan fingerprint density at radius 3 is 1.46 bits per heavy atom. The maximum Gasteiger partial charge on any atom is 0.307 e. The molecule has 258 valence electrons. The highest BCUT2D eigenvalue weighted by Crippen LogP contribution is 2.36. The van der Waals surface area contributed by atoms with Crippen LogP contribution in [0.2, 0.25) is 0 Å². The number of carbonyl (C=O) groups excluding carboxylic acids is 7. The maximum atomic E-state index is 12.3. The third-order valence-corrected chi connectivity index (χ3v) is 6.37. The molecule has 2 rings (SSSR count). The van der Waals surface area contributed by atoms with E-state index < -0.39 is 110 Å². The molecule has 0 aliphatic carbocycles. The molecule has 0 aromatic rings. The Morgan fingerprint density at radius 1 is 0.565 bits per heavy atom. The summed E-state index contributed by atoms with van der Waals surface area (Å²) in [4.78, 5) is 85.1. The first-order valence-corrected chi connectivity index (χ1v) is 14.3. The van der Waals surface area contributed by atoms with E-state index in [1.165, 1.54) is 13.0 Å². The lowest BCUT2D eigenvalue weighted by Crippen LogP contribution is -2.67. The summed E-state index contributed by atoms with van der Waals surface area (Å²) in [6.45, 7) is 11.0. The van der Waals surface area contributed by atoms with Gasteiger partial charge < -0.3 is 47.4 Å². The van der Waals surface area contributed by atoms with Gasteiger partial charge in [-0.05, 0) is 6.42 Å². The third kappa shape index (κ3) is 11.1. The summed E-state index contributed by atoms with van der Waals surface area (Å²) < 4.78 is 55.9. The summed E-state index contributed by atoms with van der Waals surface area (Å²) in [6, 6.07) is 0. The number of carbonyl (C=O) groups is 7. The van der Waals surface area contributed by atoms with Crippen LogP contribution in [0.25, 0.3) is 0 Å². The van der Waals surface area contributed by atoms with Gasteiger partial charge in [-0.15, -0.1) is 6.58 Å². The molecule has 17 nitrogen and oxygen atoms in total. The van der Waals surface area contributed by atoms with Gasteiger partial charge in [0.25, 0.3) is 0 Å². The number of rotatable bonds is 13. The van der Waals surface area contributed by atoms with E-state index in [0.29, 0.717) is 0 Å². The van der Waals surface area contributed by atoms with E-state index in [-0.39, 0.29) is 12.8 Å².